The number of hydrogen-bond acceptors (Lipinski definition) is 8. The topological polar surface area (TPSA) is 162 Å². The maximum atomic E-state index is 14.0. The van der Waals surface area contributed by atoms with Crippen LogP contribution in [0.4, 0.5) is 22.7 Å². The van der Waals surface area contributed by atoms with Gasteiger partial charge in [0.05, 0.1) is 18.6 Å². The van der Waals surface area contributed by atoms with E-state index < -0.39 is 47.5 Å². The van der Waals surface area contributed by atoms with Crippen molar-refractivity contribution in [3.05, 3.63) is 192 Å². The Balaban J connectivity index is 1.09. The summed E-state index contributed by atoms with van der Waals surface area (Å²) in [7, 11) is 0. The molecule has 0 spiro atoms. The van der Waals surface area contributed by atoms with Crippen molar-refractivity contribution in [2.45, 2.75) is 40.8 Å². The van der Waals surface area contributed by atoms with E-state index in [4.69, 9.17) is 0 Å². The zero-order chi connectivity index (χ0) is 39.2. The third-order valence-corrected chi connectivity index (χ3v) is 11.5. The second-order valence-electron chi connectivity index (χ2n) is 14.3. The van der Waals surface area contributed by atoms with Crippen molar-refractivity contribution in [2.24, 2.45) is 0 Å². The van der Waals surface area contributed by atoms with Crippen LogP contribution in [0, 0.1) is 0 Å². The van der Waals surface area contributed by atoms with Gasteiger partial charge in [-0.05, 0) is 83.9 Å². The molecule has 7 atom stereocenters. The molecule has 2 aliphatic rings. The second-order valence-corrected chi connectivity index (χ2v) is 14.3. The van der Waals surface area contributed by atoms with Gasteiger partial charge in [-0.3, -0.25) is 19.4 Å². The highest BCUT2D eigenvalue weighted by atomic mass is 16.5. The van der Waals surface area contributed by atoms with E-state index in [9.17, 15) is 40.2 Å². The largest absolute Gasteiger partial charge is 0.394 e. The Morgan fingerprint density at radius 2 is 0.875 bits per heavy atom. The molecule has 0 aliphatic heterocycles. The number of nitrogens with zero attached hydrogens (tertiary/aromatic N) is 2. The lowest BCUT2D eigenvalue weighted by atomic mass is 9.30. The maximum Gasteiger partial charge on any atom is 0.262 e. The molecule has 8 rings (SSSR count). The predicted molar refractivity (Wildman–Crippen MR) is 211 cm³/mol. The van der Waals surface area contributed by atoms with Gasteiger partial charge in [-0.2, -0.15) is 0 Å². The van der Waals surface area contributed by atoms with Crippen LogP contribution in [0.15, 0.2) is 170 Å². The van der Waals surface area contributed by atoms with Gasteiger partial charge >= 0.3 is 0 Å². The number of rotatable bonds is 10. The number of benzene rings is 6. The average Bonchev–Trinajstić information content (AvgIpc) is 3.25. The van der Waals surface area contributed by atoms with Gasteiger partial charge in [-0.15, -0.1) is 0 Å². The first-order valence-electron chi connectivity index (χ1n) is 18.3. The van der Waals surface area contributed by atoms with Gasteiger partial charge < -0.3 is 30.6 Å². The van der Waals surface area contributed by atoms with Crippen LogP contribution in [0.25, 0.3) is 0 Å². The summed E-state index contributed by atoms with van der Waals surface area (Å²) in [6, 6.07) is 48.6. The molecule has 10 nitrogen and oxygen atoms in total. The molecule has 56 heavy (non-hydrogen) atoms. The van der Waals surface area contributed by atoms with Gasteiger partial charge in [0.1, 0.15) is 22.9 Å². The molecule has 0 aromatic heterocycles. The molecule has 0 saturated heterocycles. The minimum atomic E-state index is -2.54. The Kier molecular flexibility index (Phi) is 9.42. The van der Waals surface area contributed by atoms with Crippen molar-refractivity contribution >= 4 is 34.6 Å². The quantitative estimate of drug-likeness (QED) is 0.108. The monoisotopic (exact) mass is 748 g/mol. The van der Waals surface area contributed by atoms with Crippen molar-refractivity contribution in [2.75, 3.05) is 16.4 Å². The Morgan fingerprint density at radius 1 is 0.536 bits per heavy atom. The highest BCUT2D eigenvalue weighted by Gasteiger charge is 2.93. The van der Waals surface area contributed by atoms with Gasteiger partial charge in [0, 0.05) is 39.8 Å². The lowest BCUT2D eigenvalue weighted by Crippen LogP contribution is -2.99. The van der Waals surface area contributed by atoms with Crippen molar-refractivity contribution in [3.63, 3.8) is 0 Å². The minimum Gasteiger partial charge on any atom is -0.394 e. The van der Waals surface area contributed by atoms with Crippen molar-refractivity contribution in [3.8, 4) is 0 Å². The van der Waals surface area contributed by atoms with Crippen LogP contribution in [0.2, 0.25) is 0 Å². The fourth-order valence-electron chi connectivity index (χ4n) is 8.80. The second kappa shape index (κ2) is 14.3. The fourth-order valence-corrected chi connectivity index (χ4v) is 8.80. The van der Waals surface area contributed by atoms with Crippen LogP contribution in [0.5, 0.6) is 0 Å². The van der Waals surface area contributed by atoms with Crippen molar-refractivity contribution < 1.29 is 40.2 Å². The Hall–Kier alpha value is -5.98. The number of fused-ring (bicyclic) bond motifs is 1. The zero-order valence-corrected chi connectivity index (χ0v) is 30.1. The minimum absolute atomic E-state index is 0.218. The highest BCUT2D eigenvalue weighted by molar-refractivity contribution is 6.11. The molecule has 3 unspecified atom stereocenters. The lowest BCUT2D eigenvalue weighted by Gasteiger charge is -2.80. The standard InChI is InChI=1S/C46H40N2O8/c49-29-38(50)44(54)40(31-23-27-33(28-24-31)43(53)48(36-17-9-3-10-18-36)37-19-11-4-12-20-37)45(55)41(51)39(46(44,45)56)30-21-25-32(26-22-30)42(52)47(34-13-5-1-6-14-34)35-15-7-2-8-16-35/h1-28,38-41,49-51,54-56H,29H2/t38-,39?,40?,41?,44+,45+,46+/m1/s1. The molecule has 0 heterocycles. The number of aliphatic hydroxyl groups is 6. The number of anilines is 4. The lowest BCUT2D eigenvalue weighted by molar-refractivity contribution is -0.459. The van der Waals surface area contributed by atoms with E-state index in [1.54, 1.807) is 9.80 Å². The van der Waals surface area contributed by atoms with Crippen LogP contribution in [0.3, 0.4) is 0 Å². The molecule has 6 aromatic carbocycles. The highest BCUT2D eigenvalue weighted by Crippen LogP contribution is 2.75. The molecular formula is C46H40N2O8. The normalized spacial score (nSPS) is 25.5. The van der Waals surface area contributed by atoms with E-state index >= 15 is 0 Å². The number of aliphatic hydroxyl groups excluding tert-OH is 3. The number of amides is 2. The van der Waals surface area contributed by atoms with Crippen LogP contribution in [-0.4, -0.2) is 78.1 Å². The van der Waals surface area contributed by atoms with Gasteiger partial charge in [0.2, 0.25) is 0 Å². The van der Waals surface area contributed by atoms with Crippen molar-refractivity contribution in [1.82, 2.24) is 0 Å². The molecule has 282 valence electrons. The number of para-hydroxylation sites is 4. The molecule has 0 bridgehead atoms. The molecule has 2 aliphatic carbocycles. The number of carbonyl (C=O) groups is 2. The van der Waals surface area contributed by atoms with Gasteiger partial charge in [-0.1, -0.05) is 97.1 Å². The van der Waals surface area contributed by atoms with Gasteiger partial charge in [0.15, 0.2) is 0 Å². The summed E-state index contributed by atoms with van der Waals surface area (Å²) in [6.45, 7) is -0.962. The van der Waals surface area contributed by atoms with Crippen LogP contribution in [0.1, 0.15) is 43.7 Å². The molecule has 10 heteroatoms. The average molecular weight is 749 g/mol. The zero-order valence-electron chi connectivity index (χ0n) is 30.1. The smallest absolute Gasteiger partial charge is 0.262 e. The van der Waals surface area contributed by atoms with E-state index in [-0.39, 0.29) is 28.5 Å². The summed E-state index contributed by atoms with van der Waals surface area (Å²) in [5.41, 5.74) is -3.79. The predicted octanol–water partition coefficient (Wildman–Crippen LogP) is 5.45. The molecule has 6 aromatic rings. The molecule has 6 N–H and O–H groups in total. The SMILES string of the molecule is O=C(c1ccc(C2C(O)[C@@]3(O)C(c4ccc(C(=O)N(c5ccccc5)c5ccccc5)cc4)[C@@](O)([C@H](O)CO)[C@@]23O)cc1)N(c1ccccc1)c1ccccc1. The maximum absolute atomic E-state index is 14.0. The molecule has 0 radical (unpaired) electrons. The van der Waals surface area contributed by atoms with E-state index in [1.807, 2.05) is 121 Å². The van der Waals surface area contributed by atoms with E-state index in [0.29, 0.717) is 28.3 Å². The molecule has 2 amide bonds. The Bertz CT molecular complexity index is 2250. The third-order valence-electron chi connectivity index (χ3n) is 11.5. The first-order chi connectivity index (χ1) is 27.1. The number of hydrogen-bond donors (Lipinski definition) is 6. The van der Waals surface area contributed by atoms with E-state index in [2.05, 4.69) is 0 Å². The number of carbonyl (C=O) groups excluding carboxylic acids is 2. The summed E-state index contributed by atoms with van der Waals surface area (Å²) in [6.07, 6.45) is -3.57. The molecule has 2 saturated carbocycles. The fraction of sp³-hybridized carbons (Fsp3) is 0.174. The summed E-state index contributed by atoms with van der Waals surface area (Å²) in [5, 5.41) is 69.4. The van der Waals surface area contributed by atoms with E-state index in [0.717, 1.165) is 0 Å². The Labute approximate surface area is 323 Å². The van der Waals surface area contributed by atoms with E-state index in [1.165, 1.54) is 48.5 Å². The van der Waals surface area contributed by atoms with Crippen LogP contribution >= 0.6 is 0 Å². The first kappa shape index (κ1) is 37.0. The molecule has 2 fully saturated rings. The molecular weight excluding hydrogens is 709 g/mol. The van der Waals surface area contributed by atoms with Crippen LogP contribution in [-0.2, 0) is 0 Å². The summed E-state index contributed by atoms with van der Waals surface area (Å²) >= 11 is 0. The van der Waals surface area contributed by atoms with Gasteiger partial charge in [-0.25, -0.2) is 0 Å². The summed E-state index contributed by atoms with van der Waals surface area (Å²) in [5.74, 6) is -3.48. The Morgan fingerprint density at radius 3 is 1.21 bits per heavy atom. The summed E-state index contributed by atoms with van der Waals surface area (Å²) in [4.78, 5) is 31.1. The summed E-state index contributed by atoms with van der Waals surface area (Å²) < 4.78 is 0. The van der Waals surface area contributed by atoms with Gasteiger partial charge in [0.25, 0.3) is 11.8 Å². The van der Waals surface area contributed by atoms with Crippen LogP contribution < -0.4 is 9.80 Å². The third kappa shape index (κ3) is 5.42. The first-order valence-corrected chi connectivity index (χ1v) is 18.3. The van der Waals surface area contributed by atoms with Crippen molar-refractivity contribution in [1.29, 1.82) is 0 Å².